The van der Waals surface area contributed by atoms with Crippen molar-refractivity contribution < 1.29 is 24.0 Å². The van der Waals surface area contributed by atoms with Gasteiger partial charge in [0.15, 0.2) is 5.96 Å². The van der Waals surface area contributed by atoms with E-state index in [1.807, 2.05) is 0 Å². The molecule has 0 saturated heterocycles. The van der Waals surface area contributed by atoms with Gasteiger partial charge in [-0.25, -0.2) is 0 Å². The fourth-order valence-corrected chi connectivity index (χ4v) is 4.75. The molecule has 4 aromatic rings. The van der Waals surface area contributed by atoms with Gasteiger partial charge in [-0.3, -0.25) is 29.4 Å². The van der Waals surface area contributed by atoms with Crippen LogP contribution in [-0.4, -0.2) is 68.5 Å². The van der Waals surface area contributed by atoms with Gasteiger partial charge in [-0.2, -0.15) is 0 Å². The standard InChI is InChI=1S/C30H35BrN12O5/c1-12-18(9-36-21(12)26(45)34-6-7-35-30(32)33)41-28(47)23-14(3)20(11-38-23)43-29(48)24-15(4)19(10-39-24)42-27(46)22-13(2)17(8-37-22)40-25(44)16(5)31/h8-11,36-39H,5-7H2,1-4H3,(H,34,45)(H,40,44)(H,41,47)(H,42,46)(H,43,48)(H4,32,33,35). The smallest absolute Gasteiger partial charge is 0.272 e. The van der Waals surface area contributed by atoms with Crippen LogP contribution in [0.25, 0.3) is 0 Å². The molecule has 48 heavy (non-hydrogen) atoms. The third-order valence-corrected chi connectivity index (χ3v) is 7.79. The number of anilines is 4. The molecule has 0 spiro atoms. The Balaban J connectivity index is 1.38. The Morgan fingerprint density at radius 1 is 0.625 bits per heavy atom. The van der Waals surface area contributed by atoms with Gasteiger partial charge >= 0.3 is 0 Å². The van der Waals surface area contributed by atoms with Crippen molar-refractivity contribution in [2.75, 3.05) is 34.4 Å². The van der Waals surface area contributed by atoms with Crippen LogP contribution >= 0.6 is 15.9 Å². The van der Waals surface area contributed by atoms with E-state index < -0.39 is 29.5 Å². The molecule has 252 valence electrons. The number of nitrogens with two attached hydrogens (primary N) is 1. The normalized spacial score (nSPS) is 10.6. The Hall–Kier alpha value is -6.04. The van der Waals surface area contributed by atoms with Gasteiger partial charge in [0.25, 0.3) is 29.5 Å². The number of carbonyl (C=O) groups excluding carboxylic acids is 5. The highest BCUT2D eigenvalue weighted by molar-refractivity contribution is 9.12. The van der Waals surface area contributed by atoms with Crippen molar-refractivity contribution in [3.05, 3.63) is 80.9 Å². The van der Waals surface area contributed by atoms with E-state index in [-0.39, 0.29) is 46.3 Å². The summed E-state index contributed by atoms with van der Waals surface area (Å²) in [5.74, 6) is -2.52. The lowest BCUT2D eigenvalue weighted by atomic mass is 10.2. The van der Waals surface area contributed by atoms with Gasteiger partial charge in [-0.15, -0.1) is 0 Å². The van der Waals surface area contributed by atoms with E-state index in [0.29, 0.717) is 45.0 Å². The molecule has 0 aliphatic heterocycles. The minimum atomic E-state index is -0.506. The van der Waals surface area contributed by atoms with Crippen molar-refractivity contribution in [3.63, 3.8) is 0 Å². The summed E-state index contributed by atoms with van der Waals surface area (Å²) in [4.78, 5) is 75.2. The van der Waals surface area contributed by atoms with Crippen molar-refractivity contribution in [2.24, 2.45) is 5.73 Å². The van der Waals surface area contributed by atoms with E-state index in [0.717, 1.165) is 0 Å². The zero-order chi connectivity index (χ0) is 35.3. The van der Waals surface area contributed by atoms with Crippen molar-refractivity contribution in [1.82, 2.24) is 30.6 Å². The van der Waals surface area contributed by atoms with E-state index in [9.17, 15) is 24.0 Å². The van der Waals surface area contributed by atoms with Crippen molar-refractivity contribution >= 4 is 74.2 Å². The Morgan fingerprint density at radius 3 is 1.27 bits per heavy atom. The number of rotatable bonds is 12. The van der Waals surface area contributed by atoms with E-state index in [2.05, 4.69) is 74.3 Å². The van der Waals surface area contributed by atoms with Crippen LogP contribution in [-0.2, 0) is 4.79 Å². The number of aromatic amines is 4. The van der Waals surface area contributed by atoms with Gasteiger partial charge in [0, 0.05) is 60.1 Å². The molecule has 0 bridgehead atoms. The molecule has 5 amide bonds. The maximum Gasteiger partial charge on any atom is 0.272 e. The summed E-state index contributed by atoms with van der Waals surface area (Å²) in [7, 11) is 0. The number of H-pyrrole nitrogens is 4. The summed E-state index contributed by atoms with van der Waals surface area (Å²) in [5.41, 5.74) is 9.60. The average Bonchev–Trinajstić information content (AvgIpc) is 3.78. The van der Waals surface area contributed by atoms with Gasteiger partial charge in [0.1, 0.15) is 22.8 Å². The maximum atomic E-state index is 13.2. The zero-order valence-electron chi connectivity index (χ0n) is 26.4. The lowest BCUT2D eigenvalue weighted by Gasteiger charge is -2.08. The molecule has 0 fully saturated rings. The van der Waals surface area contributed by atoms with Crippen LogP contribution in [0.3, 0.4) is 0 Å². The van der Waals surface area contributed by atoms with E-state index in [4.69, 9.17) is 11.1 Å². The van der Waals surface area contributed by atoms with Crippen molar-refractivity contribution in [2.45, 2.75) is 27.7 Å². The van der Waals surface area contributed by atoms with Gasteiger partial charge in [0.2, 0.25) is 0 Å². The highest BCUT2D eigenvalue weighted by Gasteiger charge is 2.23. The lowest BCUT2D eigenvalue weighted by Crippen LogP contribution is -2.37. The Morgan fingerprint density at radius 2 is 0.938 bits per heavy atom. The second-order valence-corrected chi connectivity index (χ2v) is 11.6. The largest absolute Gasteiger partial charge is 0.370 e. The van der Waals surface area contributed by atoms with Crippen LogP contribution in [0.4, 0.5) is 22.7 Å². The van der Waals surface area contributed by atoms with E-state index in [1.165, 1.54) is 24.8 Å². The van der Waals surface area contributed by atoms with E-state index >= 15 is 0 Å². The molecule has 4 rings (SSSR count). The quantitative estimate of drug-likeness (QED) is 0.0449. The molecule has 0 aliphatic rings. The van der Waals surface area contributed by atoms with Gasteiger partial charge in [-0.05, 0) is 43.6 Å². The molecule has 0 aromatic carbocycles. The summed E-state index contributed by atoms with van der Waals surface area (Å²) in [5, 5.41) is 23.3. The lowest BCUT2D eigenvalue weighted by molar-refractivity contribution is -0.112. The number of hydrogen-bond donors (Lipinski definition) is 12. The Kier molecular flexibility index (Phi) is 10.6. The van der Waals surface area contributed by atoms with Crippen LogP contribution in [0.1, 0.15) is 64.2 Å². The van der Waals surface area contributed by atoms with Crippen LogP contribution in [0.5, 0.6) is 0 Å². The van der Waals surface area contributed by atoms with Crippen LogP contribution in [0.2, 0.25) is 0 Å². The molecule has 17 nitrogen and oxygen atoms in total. The predicted octanol–water partition coefficient (Wildman–Crippen LogP) is 3.05. The number of amides is 5. The summed E-state index contributed by atoms with van der Waals surface area (Å²) < 4.78 is 0.138. The van der Waals surface area contributed by atoms with Crippen LogP contribution in [0.15, 0.2) is 35.8 Å². The minimum absolute atomic E-state index is 0.138. The van der Waals surface area contributed by atoms with Crippen LogP contribution in [0, 0.1) is 33.1 Å². The first-order valence-corrected chi connectivity index (χ1v) is 15.2. The highest BCUT2D eigenvalue weighted by Crippen LogP contribution is 2.26. The third kappa shape index (κ3) is 7.66. The molecular weight excluding hydrogens is 688 g/mol. The summed E-state index contributed by atoms with van der Waals surface area (Å²) >= 11 is 3.01. The molecular formula is C30H35BrN12O5. The zero-order valence-corrected chi connectivity index (χ0v) is 28.0. The first-order chi connectivity index (χ1) is 22.7. The average molecular weight is 724 g/mol. The number of aromatic nitrogens is 4. The molecule has 0 atom stereocenters. The molecule has 0 radical (unpaired) electrons. The number of hydrogen-bond acceptors (Lipinski definition) is 6. The highest BCUT2D eigenvalue weighted by atomic mass is 79.9. The first-order valence-electron chi connectivity index (χ1n) is 14.4. The monoisotopic (exact) mass is 722 g/mol. The second-order valence-electron chi connectivity index (χ2n) is 10.6. The third-order valence-electron chi connectivity index (χ3n) is 7.43. The van der Waals surface area contributed by atoms with Gasteiger partial charge < -0.3 is 57.6 Å². The number of carbonyl (C=O) groups is 5. The second kappa shape index (κ2) is 14.6. The SMILES string of the molecule is C=C(Br)C(=O)Nc1c[nH]c(C(=O)Nc2c[nH]c(C(=O)Nc3c[nH]c(C(=O)Nc4c[nH]c(C(=O)NCCNC(=N)N)c4C)c3C)c2C)c1C. The summed E-state index contributed by atoms with van der Waals surface area (Å²) in [6, 6.07) is 0. The molecule has 0 saturated carbocycles. The number of nitrogens with one attached hydrogen (secondary N) is 11. The minimum Gasteiger partial charge on any atom is -0.370 e. The maximum absolute atomic E-state index is 13.2. The topological polar surface area (TPSA) is 271 Å². The number of guanidine groups is 1. The van der Waals surface area contributed by atoms with Crippen LogP contribution < -0.4 is 37.6 Å². The Labute approximate surface area is 282 Å². The number of halogens is 1. The molecule has 4 aromatic heterocycles. The molecule has 0 aliphatic carbocycles. The van der Waals surface area contributed by atoms with E-state index in [1.54, 1.807) is 27.7 Å². The molecule has 18 heteroatoms. The van der Waals surface area contributed by atoms with Crippen molar-refractivity contribution in [3.8, 4) is 0 Å². The van der Waals surface area contributed by atoms with Gasteiger partial charge in [-0.1, -0.05) is 6.58 Å². The first kappa shape index (κ1) is 34.8. The van der Waals surface area contributed by atoms with Gasteiger partial charge in [0.05, 0.1) is 27.2 Å². The summed E-state index contributed by atoms with van der Waals surface area (Å²) in [6.07, 6.45) is 5.95. The van der Waals surface area contributed by atoms with Crippen molar-refractivity contribution in [1.29, 1.82) is 5.41 Å². The fraction of sp³-hybridized carbons (Fsp3) is 0.200. The predicted molar refractivity (Wildman–Crippen MR) is 185 cm³/mol. The molecule has 13 N–H and O–H groups in total. The molecule has 0 unspecified atom stereocenters. The Bertz CT molecular complexity index is 1950. The molecule has 4 heterocycles. The fourth-order valence-electron chi connectivity index (χ4n) is 4.65. The summed E-state index contributed by atoms with van der Waals surface area (Å²) in [6.45, 7) is 10.7.